The van der Waals surface area contributed by atoms with Crippen LogP contribution in [-0.4, -0.2) is 38.8 Å². The summed E-state index contributed by atoms with van der Waals surface area (Å²) in [4.78, 5) is 26.6. The number of benzene rings is 1. The minimum atomic E-state index is 0.123. The second-order valence-corrected chi connectivity index (χ2v) is 7.16. The fourth-order valence-electron chi connectivity index (χ4n) is 3.79. The highest BCUT2D eigenvalue weighted by atomic mass is 16.2. The number of pyridine rings is 1. The lowest BCUT2D eigenvalue weighted by Crippen LogP contribution is -2.38. The van der Waals surface area contributed by atoms with E-state index in [1.807, 2.05) is 42.3 Å². The molecule has 0 unspecified atom stereocenters. The van der Waals surface area contributed by atoms with Gasteiger partial charge in [-0.25, -0.2) is 4.98 Å². The first kappa shape index (κ1) is 16.8. The predicted molar refractivity (Wildman–Crippen MR) is 102 cm³/mol. The number of carbonyl (C=O) groups excluding carboxylic acids is 1. The molecule has 0 spiro atoms. The Morgan fingerprint density at radius 2 is 1.92 bits per heavy atom. The standard InChI is InChI=1S/C21H24N4O/c1-25(17-5-3-2-4-6-17)21(26)16-9-7-15(8-10-16)13-20-23-18-11-12-22-14-19(18)24-20/h7-12,14,17H,2-6,13H2,1H3,(H,23,24). The number of carbonyl (C=O) groups is 1. The molecule has 5 nitrogen and oxygen atoms in total. The molecule has 1 aliphatic rings. The van der Waals surface area contributed by atoms with Gasteiger partial charge in [0.25, 0.3) is 5.91 Å². The van der Waals surface area contributed by atoms with E-state index in [-0.39, 0.29) is 5.91 Å². The summed E-state index contributed by atoms with van der Waals surface area (Å²) in [5.74, 6) is 1.03. The third-order valence-electron chi connectivity index (χ3n) is 5.35. The first-order valence-corrected chi connectivity index (χ1v) is 9.35. The van der Waals surface area contributed by atoms with Gasteiger partial charge < -0.3 is 9.88 Å². The van der Waals surface area contributed by atoms with Crippen LogP contribution in [-0.2, 0) is 6.42 Å². The molecule has 0 bridgehead atoms. The molecule has 3 aromatic rings. The van der Waals surface area contributed by atoms with Gasteiger partial charge in [0.2, 0.25) is 0 Å². The van der Waals surface area contributed by atoms with Gasteiger partial charge in [-0.15, -0.1) is 0 Å². The van der Waals surface area contributed by atoms with Crippen LogP contribution in [0.4, 0.5) is 0 Å². The van der Waals surface area contributed by atoms with Crippen LogP contribution in [0, 0.1) is 0 Å². The fraction of sp³-hybridized carbons (Fsp3) is 0.381. The van der Waals surface area contributed by atoms with Crippen LogP contribution < -0.4 is 0 Å². The Morgan fingerprint density at radius 3 is 2.65 bits per heavy atom. The van der Waals surface area contributed by atoms with Gasteiger partial charge in [0, 0.05) is 31.3 Å². The molecule has 1 saturated carbocycles. The number of aromatic nitrogens is 3. The number of aromatic amines is 1. The van der Waals surface area contributed by atoms with Crippen molar-refractivity contribution in [3.05, 3.63) is 59.7 Å². The summed E-state index contributed by atoms with van der Waals surface area (Å²) in [7, 11) is 1.94. The van der Waals surface area contributed by atoms with E-state index < -0.39 is 0 Å². The van der Waals surface area contributed by atoms with Crippen LogP contribution in [0.1, 0.15) is 53.8 Å². The minimum absolute atomic E-state index is 0.123. The van der Waals surface area contributed by atoms with Crippen molar-refractivity contribution in [3.8, 4) is 0 Å². The van der Waals surface area contributed by atoms with Crippen molar-refractivity contribution >= 4 is 16.9 Å². The average Bonchev–Trinajstić information content (AvgIpc) is 3.10. The number of rotatable bonds is 4. The van der Waals surface area contributed by atoms with E-state index in [0.29, 0.717) is 12.5 Å². The van der Waals surface area contributed by atoms with Gasteiger partial charge >= 0.3 is 0 Å². The van der Waals surface area contributed by atoms with Gasteiger partial charge in [0.1, 0.15) is 5.82 Å². The van der Waals surface area contributed by atoms with Crippen molar-refractivity contribution in [2.75, 3.05) is 7.05 Å². The summed E-state index contributed by atoms with van der Waals surface area (Å²) in [5, 5.41) is 0. The Hall–Kier alpha value is -2.69. The molecule has 0 atom stereocenters. The van der Waals surface area contributed by atoms with Crippen molar-refractivity contribution in [3.63, 3.8) is 0 Å². The molecule has 0 aliphatic heterocycles. The number of amides is 1. The van der Waals surface area contributed by atoms with Crippen molar-refractivity contribution in [2.24, 2.45) is 0 Å². The Balaban J connectivity index is 1.44. The summed E-state index contributed by atoms with van der Waals surface area (Å²) in [6.07, 6.45) is 10.3. The Bertz CT molecular complexity index is 861. The van der Waals surface area contributed by atoms with E-state index in [0.717, 1.165) is 40.8 Å². The van der Waals surface area contributed by atoms with Gasteiger partial charge in [-0.1, -0.05) is 31.4 Å². The average molecular weight is 348 g/mol. The third kappa shape index (κ3) is 3.47. The third-order valence-corrected chi connectivity index (χ3v) is 5.35. The van der Waals surface area contributed by atoms with Crippen molar-refractivity contribution in [2.45, 2.75) is 44.6 Å². The fourth-order valence-corrected chi connectivity index (χ4v) is 3.79. The molecule has 1 aliphatic carbocycles. The summed E-state index contributed by atoms with van der Waals surface area (Å²) >= 11 is 0. The summed E-state index contributed by atoms with van der Waals surface area (Å²) < 4.78 is 0. The first-order valence-electron chi connectivity index (χ1n) is 9.35. The molecule has 0 saturated heterocycles. The lowest BCUT2D eigenvalue weighted by Gasteiger charge is -2.31. The second-order valence-electron chi connectivity index (χ2n) is 7.16. The molecule has 26 heavy (non-hydrogen) atoms. The van der Waals surface area contributed by atoms with Gasteiger partial charge in [-0.2, -0.15) is 0 Å². The van der Waals surface area contributed by atoms with Crippen LogP contribution in [0.25, 0.3) is 11.0 Å². The molecular weight excluding hydrogens is 324 g/mol. The zero-order valence-electron chi connectivity index (χ0n) is 15.1. The summed E-state index contributed by atoms with van der Waals surface area (Å²) in [5.41, 5.74) is 3.77. The molecule has 1 fully saturated rings. The maximum Gasteiger partial charge on any atom is 0.253 e. The molecule has 134 valence electrons. The number of imidazole rings is 1. The molecule has 5 heteroatoms. The van der Waals surface area contributed by atoms with Crippen LogP contribution in [0.15, 0.2) is 42.7 Å². The van der Waals surface area contributed by atoms with Gasteiger partial charge in [0.15, 0.2) is 0 Å². The van der Waals surface area contributed by atoms with E-state index in [2.05, 4.69) is 15.0 Å². The first-order chi connectivity index (χ1) is 12.7. The number of hydrogen-bond acceptors (Lipinski definition) is 3. The predicted octanol–water partition coefficient (Wildman–Crippen LogP) is 3.95. The maximum absolute atomic E-state index is 12.7. The Kier molecular flexibility index (Phi) is 4.69. The lowest BCUT2D eigenvalue weighted by molar-refractivity contribution is 0.0696. The van der Waals surface area contributed by atoms with Crippen LogP contribution >= 0.6 is 0 Å². The number of hydrogen-bond donors (Lipinski definition) is 1. The van der Waals surface area contributed by atoms with Gasteiger partial charge in [0.05, 0.1) is 17.2 Å². The molecule has 1 amide bonds. The van der Waals surface area contributed by atoms with E-state index in [1.54, 1.807) is 12.4 Å². The van der Waals surface area contributed by atoms with E-state index >= 15 is 0 Å². The highest BCUT2D eigenvalue weighted by Gasteiger charge is 2.22. The van der Waals surface area contributed by atoms with Crippen molar-refractivity contribution in [1.29, 1.82) is 0 Å². The lowest BCUT2D eigenvalue weighted by atomic mass is 9.94. The summed E-state index contributed by atoms with van der Waals surface area (Å²) in [6.45, 7) is 0. The van der Waals surface area contributed by atoms with Crippen LogP contribution in [0.2, 0.25) is 0 Å². The minimum Gasteiger partial charge on any atom is -0.340 e. The topological polar surface area (TPSA) is 61.9 Å². The molecular formula is C21H24N4O. The molecule has 2 aromatic heterocycles. The summed E-state index contributed by atoms with van der Waals surface area (Å²) in [6, 6.07) is 10.2. The smallest absolute Gasteiger partial charge is 0.253 e. The largest absolute Gasteiger partial charge is 0.340 e. The zero-order valence-corrected chi connectivity index (χ0v) is 15.1. The highest BCUT2D eigenvalue weighted by Crippen LogP contribution is 2.23. The number of nitrogens with zero attached hydrogens (tertiary/aromatic N) is 3. The second kappa shape index (κ2) is 7.28. The number of H-pyrrole nitrogens is 1. The Morgan fingerprint density at radius 1 is 1.15 bits per heavy atom. The van der Waals surface area contributed by atoms with Gasteiger partial charge in [-0.3, -0.25) is 9.78 Å². The molecule has 4 rings (SSSR count). The van der Waals surface area contributed by atoms with Crippen LogP contribution in [0.3, 0.4) is 0 Å². The Labute approximate surface area is 153 Å². The van der Waals surface area contributed by atoms with Crippen molar-refractivity contribution < 1.29 is 4.79 Å². The van der Waals surface area contributed by atoms with E-state index in [1.165, 1.54) is 19.3 Å². The van der Waals surface area contributed by atoms with Gasteiger partial charge in [-0.05, 0) is 36.6 Å². The van der Waals surface area contributed by atoms with Crippen LogP contribution in [0.5, 0.6) is 0 Å². The highest BCUT2D eigenvalue weighted by molar-refractivity contribution is 5.94. The normalized spacial score (nSPS) is 15.3. The number of nitrogens with one attached hydrogen (secondary N) is 1. The van der Waals surface area contributed by atoms with E-state index in [4.69, 9.17) is 0 Å². The SMILES string of the molecule is CN(C(=O)c1ccc(Cc2nc3ccncc3[nH]2)cc1)C1CCCCC1. The molecule has 1 N–H and O–H groups in total. The van der Waals surface area contributed by atoms with Crippen molar-refractivity contribution in [1.82, 2.24) is 19.9 Å². The molecule has 2 heterocycles. The van der Waals surface area contributed by atoms with E-state index in [9.17, 15) is 4.79 Å². The zero-order chi connectivity index (χ0) is 17.9. The monoisotopic (exact) mass is 348 g/mol. The molecule has 0 radical (unpaired) electrons. The quantitative estimate of drug-likeness (QED) is 0.776. The number of fused-ring (bicyclic) bond motifs is 1. The maximum atomic E-state index is 12.7. The molecule has 1 aromatic carbocycles.